The van der Waals surface area contributed by atoms with E-state index in [1.165, 1.54) is 0 Å². The predicted octanol–water partition coefficient (Wildman–Crippen LogP) is 1.78. The van der Waals surface area contributed by atoms with Gasteiger partial charge in [0.2, 0.25) is 5.65 Å². The number of carbonyl (C=O) groups excluding carboxylic acids is 1. The van der Waals surface area contributed by atoms with Gasteiger partial charge in [-0.3, -0.25) is 4.79 Å². The maximum atomic E-state index is 12.7. The first-order chi connectivity index (χ1) is 12.1. The quantitative estimate of drug-likeness (QED) is 0.725. The molecule has 0 spiro atoms. The molecule has 0 aliphatic carbocycles. The van der Waals surface area contributed by atoms with Gasteiger partial charge in [0.1, 0.15) is 0 Å². The number of fused-ring (bicyclic) bond motifs is 3. The Bertz CT molecular complexity index is 926. The smallest absolute Gasteiger partial charge is 0.253 e. The van der Waals surface area contributed by atoms with Gasteiger partial charge >= 0.3 is 0 Å². The minimum atomic E-state index is 0.101. The minimum absolute atomic E-state index is 0.101. The number of benzene rings is 1. The Morgan fingerprint density at radius 3 is 2.76 bits per heavy atom. The molecule has 0 N–H and O–H groups in total. The summed E-state index contributed by atoms with van der Waals surface area (Å²) in [5, 5.41) is 9.41. The van der Waals surface area contributed by atoms with Crippen LogP contribution < -0.4 is 0 Å². The summed E-state index contributed by atoms with van der Waals surface area (Å²) >= 11 is 0. The van der Waals surface area contributed by atoms with Gasteiger partial charge in [-0.2, -0.15) is 0 Å². The zero-order chi connectivity index (χ0) is 17.4. The first-order valence-electron chi connectivity index (χ1n) is 8.69. The Morgan fingerprint density at radius 1 is 1.20 bits per heavy atom. The summed E-state index contributed by atoms with van der Waals surface area (Å²) < 4.78 is 2.09. The molecule has 1 amide bonds. The molecule has 0 bridgehead atoms. The predicted molar refractivity (Wildman–Crippen MR) is 96.5 cm³/mol. The molecule has 2 aromatic heterocycles. The highest BCUT2D eigenvalue weighted by Crippen LogP contribution is 2.24. The van der Waals surface area contributed by atoms with Gasteiger partial charge in [0.05, 0.1) is 17.4 Å². The summed E-state index contributed by atoms with van der Waals surface area (Å²) in [5.41, 5.74) is 3.07. The Kier molecular flexibility index (Phi) is 4.09. The van der Waals surface area contributed by atoms with Crippen LogP contribution in [0.3, 0.4) is 0 Å². The summed E-state index contributed by atoms with van der Waals surface area (Å²) in [7, 11) is 4.09. The van der Waals surface area contributed by atoms with Crippen molar-refractivity contribution >= 4 is 28.0 Å². The van der Waals surface area contributed by atoms with Crippen molar-refractivity contribution in [3.63, 3.8) is 0 Å². The lowest BCUT2D eigenvalue weighted by Gasteiger charge is -2.15. The van der Waals surface area contributed by atoms with Crippen LogP contribution in [0.15, 0.2) is 24.5 Å². The molecule has 0 saturated carbocycles. The van der Waals surface area contributed by atoms with Gasteiger partial charge in [0.15, 0.2) is 0 Å². The van der Waals surface area contributed by atoms with Crippen molar-refractivity contribution in [1.29, 1.82) is 0 Å². The monoisotopic (exact) mass is 338 g/mol. The number of nitrogens with zero attached hydrogens (tertiary/aromatic N) is 6. The molecule has 1 saturated heterocycles. The van der Waals surface area contributed by atoms with Gasteiger partial charge in [-0.15, -0.1) is 10.2 Å². The second kappa shape index (κ2) is 6.40. The Balaban J connectivity index is 1.79. The summed E-state index contributed by atoms with van der Waals surface area (Å²) in [6.45, 7) is 3.42. The van der Waals surface area contributed by atoms with Crippen LogP contribution in [0.4, 0.5) is 0 Å². The lowest BCUT2D eigenvalue weighted by atomic mass is 10.1. The van der Waals surface area contributed by atoms with Crippen molar-refractivity contribution in [2.24, 2.45) is 0 Å². The summed E-state index contributed by atoms with van der Waals surface area (Å²) in [5.74, 6) is 0.101. The molecule has 0 atom stereocenters. The SMILES string of the molecule is CN(C)CCn1cnc2nnc3ccc(C(=O)N4CCCC4)cc3c21. The fraction of sp³-hybridized carbons (Fsp3) is 0.444. The highest BCUT2D eigenvalue weighted by atomic mass is 16.2. The van der Waals surface area contributed by atoms with Crippen molar-refractivity contribution in [2.45, 2.75) is 19.4 Å². The first-order valence-corrected chi connectivity index (χ1v) is 8.69. The van der Waals surface area contributed by atoms with Crippen molar-refractivity contribution in [3.05, 3.63) is 30.1 Å². The van der Waals surface area contributed by atoms with Gasteiger partial charge in [-0.1, -0.05) is 0 Å². The number of carbonyl (C=O) groups is 1. The molecule has 25 heavy (non-hydrogen) atoms. The van der Waals surface area contributed by atoms with E-state index in [0.29, 0.717) is 11.2 Å². The van der Waals surface area contributed by atoms with Gasteiger partial charge < -0.3 is 14.4 Å². The molecule has 1 fully saturated rings. The standard InChI is InChI=1S/C18H22N6O/c1-22(2)9-10-24-12-19-17-16(24)14-11-13(5-6-15(14)20-21-17)18(25)23-7-3-4-8-23/h5-6,11-12H,3-4,7-10H2,1-2H3. The van der Waals surface area contributed by atoms with E-state index >= 15 is 0 Å². The molecular formula is C18H22N6O. The molecule has 0 radical (unpaired) electrons. The van der Waals surface area contributed by atoms with E-state index in [0.717, 1.165) is 55.4 Å². The van der Waals surface area contributed by atoms with Gasteiger partial charge in [0.25, 0.3) is 5.91 Å². The van der Waals surface area contributed by atoms with Crippen LogP contribution in [0.5, 0.6) is 0 Å². The lowest BCUT2D eigenvalue weighted by molar-refractivity contribution is 0.0793. The third-order valence-electron chi connectivity index (χ3n) is 4.75. The second-order valence-electron chi connectivity index (χ2n) is 6.84. The molecule has 1 aromatic carbocycles. The zero-order valence-corrected chi connectivity index (χ0v) is 14.6. The van der Waals surface area contributed by atoms with Crippen LogP contribution in [0.1, 0.15) is 23.2 Å². The minimum Gasteiger partial charge on any atom is -0.339 e. The van der Waals surface area contributed by atoms with Gasteiger partial charge in [-0.05, 0) is 45.1 Å². The number of imidazole rings is 1. The van der Waals surface area contributed by atoms with Crippen LogP contribution in [0.2, 0.25) is 0 Å². The number of likely N-dealkylation sites (N-methyl/N-ethyl adjacent to an activating group) is 1. The highest BCUT2D eigenvalue weighted by molar-refractivity contribution is 6.05. The highest BCUT2D eigenvalue weighted by Gasteiger charge is 2.20. The Labute approximate surface area is 146 Å². The molecule has 7 nitrogen and oxygen atoms in total. The number of hydrogen-bond acceptors (Lipinski definition) is 5. The second-order valence-corrected chi connectivity index (χ2v) is 6.84. The molecule has 1 aliphatic heterocycles. The molecule has 3 heterocycles. The van der Waals surface area contributed by atoms with E-state index in [4.69, 9.17) is 0 Å². The number of likely N-dealkylation sites (tertiary alicyclic amines) is 1. The largest absolute Gasteiger partial charge is 0.339 e. The molecular weight excluding hydrogens is 316 g/mol. The number of hydrogen-bond donors (Lipinski definition) is 0. The van der Waals surface area contributed by atoms with Crippen molar-refractivity contribution in [1.82, 2.24) is 29.5 Å². The fourth-order valence-corrected chi connectivity index (χ4v) is 3.35. The van der Waals surface area contributed by atoms with E-state index in [2.05, 4.69) is 24.6 Å². The Hall–Kier alpha value is -2.54. The van der Waals surface area contributed by atoms with Crippen LogP contribution in [-0.4, -0.2) is 69.2 Å². The lowest BCUT2D eigenvalue weighted by Crippen LogP contribution is -2.27. The van der Waals surface area contributed by atoms with Crippen LogP contribution in [0.25, 0.3) is 22.1 Å². The molecule has 7 heteroatoms. The van der Waals surface area contributed by atoms with Gasteiger partial charge in [-0.25, -0.2) is 4.98 Å². The first kappa shape index (κ1) is 16.0. The molecule has 3 aromatic rings. The van der Waals surface area contributed by atoms with E-state index < -0.39 is 0 Å². The summed E-state index contributed by atoms with van der Waals surface area (Å²) in [4.78, 5) is 21.2. The third-order valence-corrected chi connectivity index (χ3v) is 4.75. The van der Waals surface area contributed by atoms with Gasteiger partial charge in [0, 0.05) is 37.1 Å². The summed E-state index contributed by atoms with van der Waals surface area (Å²) in [6, 6.07) is 5.68. The van der Waals surface area contributed by atoms with E-state index in [9.17, 15) is 4.79 Å². The van der Waals surface area contributed by atoms with Crippen molar-refractivity contribution in [3.8, 4) is 0 Å². The topological polar surface area (TPSA) is 67.2 Å². The molecule has 0 unspecified atom stereocenters. The van der Waals surface area contributed by atoms with Crippen LogP contribution in [-0.2, 0) is 6.54 Å². The van der Waals surface area contributed by atoms with Crippen LogP contribution >= 0.6 is 0 Å². The molecule has 4 rings (SSSR count). The Morgan fingerprint density at radius 2 is 2.00 bits per heavy atom. The number of rotatable bonds is 4. The van der Waals surface area contributed by atoms with Crippen LogP contribution in [0, 0.1) is 0 Å². The maximum absolute atomic E-state index is 12.7. The van der Waals surface area contributed by atoms with E-state index in [1.807, 2.05) is 37.2 Å². The molecule has 130 valence electrons. The molecule has 1 aliphatic rings. The normalized spacial score (nSPS) is 14.9. The number of amides is 1. The third kappa shape index (κ3) is 2.95. The van der Waals surface area contributed by atoms with Crippen molar-refractivity contribution < 1.29 is 4.79 Å². The fourth-order valence-electron chi connectivity index (χ4n) is 3.35. The maximum Gasteiger partial charge on any atom is 0.253 e. The zero-order valence-electron chi connectivity index (χ0n) is 14.6. The average Bonchev–Trinajstić information content (AvgIpc) is 3.28. The van der Waals surface area contributed by atoms with E-state index in [1.54, 1.807) is 6.33 Å². The van der Waals surface area contributed by atoms with E-state index in [-0.39, 0.29) is 5.91 Å². The van der Waals surface area contributed by atoms with Crippen molar-refractivity contribution in [2.75, 3.05) is 33.7 Å². The number of aromatic nitrogens is 4. The summed E-state index contributed by atoms with van der Waals surface area (Å²) in [6.07, 6.45) is 3.98. The average molecular weight is 338 g/mol.